The topological polar surface area (TPSA) is 77.8 Å². The molecular weight excluding hydrogens is 555 g/mol. The third kappa shape index (κ3) is 6.84. The van der Waals surface area contributed by atoms with Crippen LogP contribution in [-0.2, 0) is 9.59 Å². The summed E-state index contributed by atoms with van der Waals surface area (Å²) in [7, 11) is 0. The number of hydrogen-bond acceptors (Lipinski definition) is 5. The zero-order chi connectivity index (χ0) is 26.5. The van der Waals surface area contributed by atoms with E-state index < -0.39 is 5.91 Å². The van der Waals surface area contributed by atoms with Gasteiger partial charge in [0.25, 0.3) is 0 Å². The lowest BCUT2D eigenvalue weighted by Crippen LogP contribution is -2.48. The highest BCUT2D eigenvalue weighted by atomic mass is 35.5. The Kier molecular flexibility index (Phi) is 8.76. The standard InChI is InChI=1S/C26H23Cl3N4O3S/c1-16(34)32-11-13-33(14-12-32)22-8-5-17(15-21(22)28)30-26(37)31-24(35)10-7-18-6-9-23(36-18)19-3-2-4-20(27)25(19)29/h2-10,15H,11-14H2,1H3,(H2,30,31,35,37)/b10-7+. The van der Waals surface area contributed by atoms with E-state index in [0.29, 0.717) is 64.0 Å². The number of furan rings is 1. The van der Waals surface area contributed by atoms with Gasteiger partial charge in [-0.05, 0) is 60.8 Å². The van der Waals surface area contributed by atoms with Gasteiger partial charge in [-0.2, -0.15) is 0 Å². The maximum Gasteiger partial charge on any atom is 0.250 e. The Bertz CT molecular complexity index is 1370. The summed E-state index contributed by atoms with van der Waals surface area (Å²) in [6.45, 7) is 4.30. The SMILES string of the molecule is CC(=O)N1CCN(c2ccc(NC(=S)NC(=O)/C=C/c3ccc(-c4cccc(Cl)c4Cl)o3)cc2Cl)CC1. The summed E-state index contributed by atoms with van der Waals surface area (Å²) >= 11 is 24.1. The van der Waals surface area contributed by atoms with Crippen LogP contribution in [0.25, 0.3) is 17.4 Å². The molecule has 1 aliphatic heterocycles. The average Bonchev–Trinajstić information content (AvgIpc) is 3.33. The molecule has 1 aromatic heterocycles. The fraction of sp³-hybridized carbons (Fsp3) is 0.192. The van der Waals surface area contributed by atoms with E-state index in [4.69, 9.17) is 51.4 Å². The van der Waals surface area contributed by atoms with Crippen LogP contribution in [0.3, 0.4) is 0 Å². The summed E-state index contributed by atoms with van der Waals surface area (Å²) in [4.78, 5) is 27.8. The van der Waals surface area contributed by atoms with Gasteiger partial charge in [-0.3, -0.25) is 14.9 Å². The number of piperazine rings is 1. The molecule has 0 atom stereocenters. The molecule has 2 heterocycles. The number of carbonyl (C=O) groups is 2. The molecule has 192 valence electrons. The second-order valence-electron chi connectivity index (χ2n) is 8.24. The van der Waals surface area contributed by atoms with Crippen LogP contribution in [0.2, 0.25) is 15.1 Å². The minimum absolute atomic E-state index is 0.0760. The van der Waals surface area contributed by atoms with Gasteiger partial charge in [0.05, 0.1) is 20.8 Å². The molecule has 1 fully saturated rings. The fourth-order valence-corrected chi connectivity index (χ4v) is 4.77. The van der Waals surface area contributed by atoms with Gasteiger partial charge in [0, 0.05) is 50.4 Å². The molecule has 2 N–H and O–H groups in total. The Labute approximate surface area is 235 Å². The number of halogens is 3. The van der Waals surface area contributed by atoms with Gasteiger partial charge in [0.2, 0.25) is 11.8 Å². The Morgan fingerprint density at radius 2 is 1.76 bits per heavy atom. The molecule has 0 radical (unpaired) electrons. The third-order valence-corrected chi connectivity index (χ3v) is 7.08. The van der Waals surface area contributed by atoms with E-state index in [1.165, 1.54) is 12.2 Å². The first-order valence-electron chi connectivity index (χ1n) is 11.4. The highest BCUT2D eigenvalue weighted by molar-refractivity contribution is 7.80. The predicted octanol–water partition coefficient (Wildman–Crippen LogP) is 6.10. The van der Waals surface area contributed by atoms with Crippen molar-refractivity contribution in [3.8, 4) is 11.3 Å². The van der Waals surface area contributed by atoms with Crippen molar-refractivity contribution in [1.29, 1.82) is 0 Å². The van der Waals surface area contributed by atoms with Crippen LogP contribution in [0.1, 0.15) is 12.7 Å². The zero-order valence-corrected chi connectivity index (χ0v) is 22.8. The van der Waals surface area contributed by atoms with Crippen LogP contribution in [0.15, 0.2) is 59.0 Å². The molecule has 0 aliphatic carbocycles. The Morgan fingerprint density at radius 3 is 2.46 bits per heavy atom. The second-order valence-corrected chi connectivity index (χ2v) is 9.84. The van der Waals surface area contributed by atoms with Crippen LogP contribution >= 0.6 is 47.0 Å². The van der Waals surface area contributed by atoms with Crippen molar-refractivity contribution in [2.75, 3.05) is 36.4 Å². The maximum absolute atomic E-state index is 12.3. The highest BCUT2D eigenvalue weighted by Gasteiger charge is 2.20. The number of nitrogens with one attached hydrogen (secondary N) is 2. The summed E-state index contributed by atoms with van der Waals surface area (Å²) in [5.74, 6) is 0.645. The first kappa shape index (κ1) is 27.0. The summed E-state index contributed by atoms with van der Waals surface area (Å²) in [5.41, 5.74) is 2.18. The van der Waals surface area contributed by atoms with E-state index in [0.717, 1.165) is 5.69 Å². The fourth-order valence-electron chi connectivity index (χ4n) is 3.86. The highest BCUT2D eigenvalue weighted by Crippen LogP contribution is 2.34. The Balaban J connectivity index is 1.31. The molecule has 2 amide bonds. The van der Waals surface area contributed by atoms with Crippen LogP contribution < -0.4 is 15.5 Å². The lowest BCUT2D eigenvalue weighted by Gasteiger charge is -2.36. The predicted molar refractivity (Wildman–Crippen MR) is 153 cm³/mol. The minimum atomic E-state index is -0.428. The molecular formula is C26H23Cl3N4O3S. The second kappa shape index (κ2) is 12.0. The summed E-state index contributed by atoms with van der Waals surface area (Å²) in [5, 5.41) is 7.04. The van der Waals surface area contributed by atoms with E-state index in [-0.39, 0.29) is 11.0 Å². The van der Waals surface area contributed by atoms with Gasteiger partial charge in [-0.1, -0.05) is 40.9 Å². The molecule has 7 nitrogen and oxygen atoms in total. The van der Waals surface area contributed by atoms with Gasteiger partial charge < -0.3 is 19.5 Å². The Hall–Kier alpha value is -3.04. The molecule has 0 spiro atoms. The number of nitrogens with zero attached hydrogens (tertiary/aromatic N) is 2. The van der Waals surface area contributed by atoms with Crippen LogP contribution in [-0.4, -0.2) is 48.0 Å². The molecule has 37 heavy (non-hydrogen) atoms. The van der Waals surface area contributed by atoms with Crippen molar-refractivity contribution in [2.24, 2.45) is 0 Å². The summed E-state index contributed by atoms with van der Waals surface area (Å²) in [6.07, 6.45) is 2.84. The molecule has 0 unspecified atom stereocenters. The van der Waals surface area contributed by atoms with Gasteiger partial charge in [-0.25, -0.2) is 0 Å². The van der Waals surface area contributed by atoms with Crippen molar-refractivity contribution in [3.63, 3.8) is 0 Å². The number of anilines is 2. The number of rotatable bonds is 5. The first-order chi connectivity index (χ1) is 17.7. The van der Waals surface area contributed by atoms with Gasteiger partial charge in [0.15, 0.2) is 5.11 Å². The number of amides is 2. The van der Waals surface area contributed by atoms with Crippen molar-refractivity contribution < 1.29 is 14.0 Å². The molecule has 0 saturated carbocycles. The van der Waals surface area contributed by atoms with E-state index in [9.17, 15) is 9.59 Å². The molecule has 1 aliphatic rings. The van der Waals surface area contributed by atoms with E-state index in [1.54, 1.807) is 43.3 Å². The normalized spacial score (nSPS) is 13.6. The van der Waals surface area contributed by atoms with Crippen LogP contribution in [0.5, 0.6) is 0 Å². The van der Waals surface area contributed by atoms with Crippen LogP contribution in [0.4, 0.5) is 11.4 Å². The minimum Gasteiger partial charge on any atom is -0.457 e. The Morgan fingerprint density at radius 1 is 1.00 bits per heavy atom. The van der Waals surface area contributed by atoms with Crippen molar-refractivity contribution in [2.45, 2.75) is 6.92 Å². The lowest BCUT2D eigenvalue weighted by atomic mass is 10.2. The molecule has 2 aromatic carbocycles. The summed E-state index contributed by atoms with van der Waals surface area (Å²) in [6, 6.07) is 14.2. The summed E-state index contributed by atoms with van der Waals surface area (Å²) < 4.78 is 5.75. The number of carbonyl (C=O) groups excluding carboxylic acids is 2. The monoisotopic (exact) mass is 576 g/mol. The van der Waals surface area contributed by atoms with Crippen LogP contribution in [0, 0.1) is 0 Å². The number of thiocarbonyl (C=S) groups is 1. The average molecular weight is 578 g/mol. The van der Waals surface area contributed by atoms with Crippen molar-refractivity contribution in [1.82, 2.24) is 10.2 Å². The number of hydrogen-bond donors (Lipinski definition) is 2. The molecule has 0 bridgehead atoms. The van der Waals surface area contributed by atoms with Crippen molar-refractivity contribution in [3.05, 3.63) is 75.4 Å². The third-order valence-electron chi connectivity index (χ3n) is 5.75. The van der Waals surface area contributed by atoms with E-state index in [1.807, 2.05) is 17.0 Å². The number of benzene rings is 2. The van der Waals surface area contributed by atoms with Gasteiger partial charge in [0.1, 0.15) is 11.5 Å². The molecule has 3 aromatic rings. The van der Waals surface area contributed by atoms with Crippen molar-refractivity contribution >= 4 is 81.4 Å². The molecule has 4 rings (SSSR count). The van der Waals surface area contributed by atoms with E-state index in [2.05, 4.69) is 15.5 Å². The molecule has 1 saturated heterocycles. The molecule has 11 heteroatoms. The van der Waals surface area contributed by atoms with E-state index >= 15 is 0 Å². The first-order valence-corrected chi connectivity index (χ1v) is 12.9. The lowest BCUT2D eigenvalue weighted by molar-refractivity contribution is -0.129. The van der Waals surface area contributed by atoms with Gasteiger partial charge in [-0.15, -0.1) is 0 Å². The quantitative estimate of drug-likeness (QED) is 0.282. The van der Waals surface area contributed by atoms with Gasteiger partial charge >= 0.3 is 0 Å². The largest absolute Gasteiger partial charge is 0.457 e. The maximum atomic E-state index is 12.3. The smallest absolute Gasteiger partial charge is 0.250 e. The zero-order valence-electron chi connectivity index (χ0n) is 19.8.